The van der Waals surface area contributed by atoms with Crippen molar-refractivity contribution in [3.8, 4) is 11.4 Å². The Morgan fingerprint density at radius 2 is 1.88 bits per heavy atom. The van der Waals surface area contributed by atoms with E-state index in [4.69, 9.17) is 21.1 Å². The van der Waals surface area contributed by atoms with Crippen molar-refractivity contribution in [1.29, 1.82) is 0 Å². The molecule has 2 saturated heterocycles. The van der Waals surface area contributed by atoms with Crippen molar-refractivity contribution in [2.24, 2.45) is 5.41 Å². The smallest absolute Gasteiger partial charge is 0.312 e. The SMILES string of the molecule is CC1(C)CCC(CN2CCN(c3ccc(C(=O)NS(=O)(=O)c4ccc(OC[C@H]5OCCNCC5[Si])c([N+](=O)[O-])c4)c(-n4[nH]cc5nc6nccc6cc54)c3)CC2)=C(c2ccc(Cl)cc2)C1. The van der Waals surface area contributed by atoms with Crippen LogP contribution in [-0.4, -0.2) is 119 Å². The number of fused-ring (bicyclic) bond motifs is 2. The third-order valence-corrected chi connectivity index (χ3v) is 14.7. The number of H-pyrrole nitrogens is 1. The number of piperazine rings is 1. The number of hydrogen-bond donors (Lipinski definition) is 3. The van der Waals surface area contributed by atoms with Gasteiger partial charge in [0.2, 0.25) is 0 Å². The number of nitrogens with zero attached hydrogens (tertiary/aromatic N) is 6. The van der Waals surface area contributed by atoms with E-state index in [1.807, 2.05) is 36.4 Å². The van der Waals surface area contributed by atoms with Gasteiger partial charge in [0.15, 0.2) is 11.4 Å². The molecule has 3 N–H and O–H groups in total. The number of carbonyl (C=O) groups is 1. The largest absolute Gasteiger partial charge is 0.484 e. The summed E-state index contributed by atoms with van der Waals surface area (Å²) in [5, 5.41) is 20.1. The van der Waals surface area contributed by atoms with E-state index >= 15 is 0 Å². The van der Waals surface area contributed by atoms with Gasteiger partial charge in [0.25, 0.3) is 15.9 Å². The van der Waals surface area contributed by atoms with E-state index in [0.29, 0.717) is 42.1 Å². The fourth-order valence-electron chi connectivity index (χ4n) is 8.90. The second-order valence-corrected chi connectivity index (χ2v) is 20.5. The summed E-state index contributed by atoms with van der Waals surface area (Å²) in [6.07, 6.45) is 6.15. The second-order valence-electron chi connectivity index (χ2n) is 17.6. The van der Waals surface area contributed by atoms with Crippen molar-refractivity contribution in [3.63, 3.8) is 0 Å². The summed E-state index contributed by atoms with van der Waals surface area (Å²) >= 11 is 6.26. The van der Waals surface area contributed by atoms with E-state index in [2.05, 4.69) is 71.1 Å². The molecule has 0 spiro atoms. The zero-order chi connectivity index (χ0) is 45.5. The average molecular weight is 936 g/mol. The quantitative estimate of drug-likeness (QED) is 0.0671. The summed E-state index contributed by atoms with van der Waals surface area (Å²) in [5.41, 5.74) is 6.72. The zero-order valence-corrected chi connectivity index (χ0v) is 38.6. The number of pyridine rings is 1. The predicted molar refractivity (Wildman–Crippen MR) is 251 cm³/mol. The van der Waals surface area contributed by atoms with Crippen molar-refractivity contribution in [3.05, 3.63) is 117 Å². The highest BCUT2D eigenvalue weighted by Gasteiger charge is 2.31. The maximum absolute atomic E-state index is 14.2. The number of benzene rings is 3. The summed E-state index contributed by atoms with van der Waals surface area (Å²) in [6, 6.07) is 20.5. The van der Waals surface area contributed by atoms with Crippen molar-refractivity contribution >= 4 is 76.8 Å². The van der Waals surface area contributed by atoms with Crippen LogP contribution in [0.5, 0.6) is 5.75 Å². The normalized spacial score (nSPS) is 19.7. The van der Waals surface area contributed by atoms with Crippen LogP contribution in [0.4, 0.5) is 11.4 Å². The van der Waals surface area contributed by atoms with Crippen molar-refractivity contribution in [2.45, 2.75) is 49.7 Å². The Hall–Kier alpha value is -5.63. The third-order valence-electron chi connectivity index (χ3n) is 12.5. The molecule has 0 bridgehead atoms. The Labute approximate surface area is 384 Å². The van der Waals surface area contributed by atoms with Crippen LogP contribution in [-0.2, 0) is 14.8 Å². The van der Waals surface area contributed by atoms with Gasteiger partial charge in [0, 0.05) is 84.1 Å². The van der Waals surface area contributed by atoms with Crippen LogP contribution in [0, 0.1) is 15.5 Å². The summed E-state index contributed by atoms with van der Waals surface area (Å²) < 4.78 is 43.2. The summed E-state index contributed by atoms with van der Waals surface area (Å²) in [4.78, 5) is 39.0. The highest BCUT2D eigenvalue weighted by Crippen LogP contribution is 2.43. The van der Waals surface area contributed by atoms with Gasteiger partial charge in [0.1, 0.15) is 12.1 Å². The Kier molecular flexibility index (Phi) is 12.6. The van der Waals surface area contributed by atoms with Crippen molar-refractivity contribution in [2.75, 3.05) is 63.9 Å². The van der Waals surface area contributed by atoms with Gasteiger partial charge in [-0.05, 0) is 102 Å². The average Bonchev–Trinajstić information content (AvgIpc) is 3.87. The number of nitrogens with one attached hydrogen (secondary N) is 3. The maximum atomic E-state index is 14.2. The number of sulfonamides is 1. The molecule has 2 fully saturated rings. The standard InChI is InChI=1S/C46H49ClN9O7SSi/c1-46(2)13-11-31(36(24-46)29-3-5-32(47)6-4-29)27-53-16-18-54(19-17-53)33-7-9-35(38(22-33)55-39-21-30-12-14-49-44(30)51-37(39)25-50-55)45(57)52-64(60,61)34-8-10-41(40(23-34)56(58)59)63-28-42-43(65)26-48-15-20-62-42/h3-10,12,14,21-23,25,42-43,48,50H,11,13,15-20,24,26-28H2,1-2H3,(H,52,57)/t42-,43?/m1/s1. The van der Waals surface area contributed by atoms with Gasteiger partial charge < -0.3 is 19.7 Å². The number of carbonyl (C=O) groups excluding carboxylic acids is 1. The lowest BCUT2D eigenvalue weighted by molar-refractivity contribution is -0.386. The molecule has 1 unspecified atom stereocenters. The molecule has 2 atom stereocenters. The fourth-order valence-corrected chi connectivity index (χ4v) is 10.3. The number of amides is 1. The van der Waals surface area contributed by atoms with Gasteiger partial charge in [-0.1, -0.05) is 43.2 Å². The van der Waals surface area contributed by atoms with E-state index in [-0.39, 0.29) is 28.9 Å². The Morgan fingerprint density at radius 1 is 1.08 bits per heavy atom. The van der Waals surface area contributed by atoms with Crippen LogP contribution in [0.15, 0.2) is 95.7 Å². The lowest BCUT2D eigenvalue weighted by atomic mass is 9.72. The van der Waals surface area contributed by atoms with E-state index in [1.54, 1.807) is 23.1 Å². The van der Waals surface area contributed by atoms with E-state index < -0.39 is 37.5 Å². The van der Waals surface area contributed by atoms with Gasteiger partial charge in [0.05, 0.1) is 39.3 Å². The first-order chi connectivity index (χ1) is 31.2. The number of rotatable bonds is 12. The number of nitro groups is 1. The molecule has 1 amide bonds. The molecule has 5 heterocycles. The first kappa shape index (κ1) is 44.6. The molecule has 3 radical (unpaired) electrons. The zero-order valence-electron chi connectivity index (χ0n) is 36.1. The number of aromatic amines is 1. The van der Waals surface area contributed by atoms with Gasteiger partial charge in [-0.3, -0.25) is 29.6 Å². The molecule has 3 aromatic carbocycles. The molecular formula is C46H49ClN9O7SSi. The maximum Gasteiger partial charge on any atom is 0.312 e. The lowest BCUT2D eigenvalue weighted by Crippen LogP contribution is -2.47. The number of nitro benzene ring substituents is 1. The molecule has 16 nitrogen and oxygen atoms in total. The minimum Gasteiger partial charge on any atom is -0.484 e. The highest BCUT2D eigenvalue weighted by molar-refractivity contribution is 7.90. The molecule has 3 aliphatic rings. The Balaban J connectivity index is 0.972. The monoisotopic (exact) mass is 934 g/mol. The lowest BCUT2D eigenvalue weighted by Gasteiger charge is -2.39. The van der Waals surface area contributed by atoms with Crippen LogP contribution >= 0.6 is 11.6 Å². The van der Waals surface area contributed by atoms with E-state index in [9.17, 15) is 23.3 Å². The number of allylic oxidation sites excluding steroid dienone is 1. The topological polar surface area (TPSA) is 190 Å². The van der Waals surface area contributed by atoms with Gasteiger partial charge in [-0.2, -0.15) is 0 Å². The van der Waals surface area contributed by atoms with Crippen LogP contribution < -0.4 is 19.7 Å². The minimum atomic E-state index is -4.62. The first-order valence-electron chi connectivity index (χ1n) is 21.6. The van der Waals surface area contributed by atoms with E-state index in [0.717, 1.165) is 74.1 Å². The van der Waals surface area contributed by atoms with Crippen LogP contribution in [0.1, 0.15) is 49.0 Å². The van der Waals surface area contributed by atoms with Crippen molar-refractivity contribution in [1.82, 2.24) is 34.7 Å². The summed E-state index contributed by atoms with van der Waals surface area (Å²) in [6.45, 7) is 10.3. The van der Waals surface area contributed by atoms with Gasteiger partial charge in [-0.25, -0.2) is 23.1 Å². The number of hydrogen-bond acceptors (Lipinski definition) is 12. The molecule has 19 heteroatoms. The molecule has 337 valence electrons. The molecule has 65 heavy (non-hydrogen) atoms. The third kappa shape index (κ3) is 9.69. The molecule has 2 aliphatic heterocycles. The number of aromatic nitrogens is 4. The minimum absolute atomic E-state index is 0.00862. The molecule has 6 aromatic rings. The van der Waals surface area contributed by atoms with Gasteiger partial charge in [-0.15, -0.1) is 0 Å². The van der Waals surface area contributed by atoms with Crippen LogP contribution in [0.25, 0.3) is 33.3 Å². The molecule has 9 rings (SSSR count). The molecular weight excluding hydrogens is 886 g/mol. The fraction of sp³-hybridized carbons (Fsp3) is 0.370. The van der Waals surface area contributed by atoms with Crippen LogP contribution in [0.2, 0.25) is 10.6 Å². The highest BCUT2D eigenvalue weighted by atomic mass is 35.5. The van der Waals surface area contributed by atoms with Crippen molar-refractivity contribution < 1.29 is 27.6 Å². The predicted octanol–water partition coefficient (Wildman–Crippen LogP) is 6.69. The second kappa shape index (κ2) is 18.3. The number of halogens is 1. The molecule has 3 aromatic heterocycles. The molecule has 1 aliphatic carbocycles. The summed E-state index contributed by atoms with van der Waals surface area (Å²) in [5.74, 6) is -1.06. The summed E-state index contributed by atoms with van der Waals surface area (Å²) in [7, 11) is -1.01. The molecule has 0 saturated carbocycles. The number of anilines is 1. The number of ether oxygens (including phenoxy) is 2. The Morgan fingerprint density at radius 3 is 2.66 bits per heavy atom. The van der Waals surface area contributed by atoms with Gasteiger partial charge >= 0.3 is 5.69 Å². The van der Waals surface area contributed by atoms with Crippen LogP contribution in [0.3, 0.4) is 0 Å². The Bertz CT molecular complexity index is 2910. The first-order valence-corrected chi connectivity index (χ1v) is 24.1. The van der Waals surface area contributed by atoms with E-state index in [1.165, 1.54) is 28.8 Å².